The number of nitrogens with one attached hydrogen (secondary N) is 1. The molecule has 29 heavy (non-hydrogen) atoms. The second-order valence-electron chi connectivity index (χ2n) is 6.73. The molecule has 0 spiro atoms. The number of pyridine rings is 1. The second kappa shape index (κ2) is 9.37. The summed E-state index contributed by atoms with van der Waals surface area (Å²) in [6.45, 7) is 8.23. The van der Waals surface area contributed by atoms with Gasteiger partial charge < -0.3 is 10.1 Å². The highest BCUT2D eigenvalue weighted by molar-refractivity contribution is 8.00. The minimum Gasteiger partial charge on any atom is -0.466 e. The topological polar surface area (TPSA) is 81.2 Å². The fourth-order valence-corrected chi connectivity index (χ4v) is 4.49. The molecule has 2 heterocycles. The van der Waals surface area contributed by atoms with Crippen LogP contribution in [0.4, 0.5) is 5.13 Å². The Hall–Kier alpha value is -2.45. The molecule has 0 unspecified atom stereocenters. The second-order valence-corrected chi connectivity index (χ2v) is 8.55. The number of hydrogen-bond donors (Lipinski definition) is 1. The fourth-order valence-electron chi connectivity index (χ4n) is 2.98. The van der Waals surface area contributed by atoms with Gasteiger partial charge in [-0.1, -0.05) is 23.4 Å². The molecule has 1 amide bonds. The molecule has 3 aromatic rings. The lowest BCUT2D eigenvalue weighted by molar-refractivity contribution is -0.142. The lowest BCUT2D eigenvalue weighted by atomic mass is 10.1. The van der Waals surface area contributed by atoms with Gasteiger partial charge in [-0.25, -0.2) is 9.97 Å². The zero-order chi connectivity index (χ0) is 21.0. The number of rotatable bonds is 7. The third-order valence-electron chi connectivity index (χ3n) is 4.17. The maximum absolute atomic E-state index is 12.3. The molecule has 0 aliphatic rings. The van der Waals surface area contributed by atoms with Gasteiger partial charge in [0.2, 0.25) is 5.91 Å². The van der Waals surface area contributed by atoms with Crippen LogP contribution in [-0.2, 0) is 20.7 Å². The van der Waals surface area contributed by atoms with Gasteiger partial charge in [-0.3, -0.25) is 9.59 Å². The number of anilines is 1. The van der Waals surface area contributed by atoms with Crippen LogP contribution in [0.15, 0.2) is 28.6 Å². The quantitative estimate of drug-likeness (QED) is 0.441. The van der Waals surface area contributed by atoms with E-state index in [9.17, 15) is 9.59 Å². The summed E-state index contributed by atoms with van der Waals surface area (Å²) in [4.78, 5) is 32.9. The molecule has 0 saturated heterocycles. The van der Waals surface area contributed by atoms with Gasteiger partial charge >= 0.3 is 5.97 Å². The Kier molecular flexibility index (Phi) is 6.87. The number of carbonyl (C=O) groups excluding carboxylic acids is 2. The smallest absolute Gasteiger partial charge is 0.311 e. The minimum absolute atomic E-state index is 0.105. The summed E-state index contributed by atoms with van der Waals surface area (Å²) in [5.41, 5.74) is 4.94. The summed E-state index contributed by atoms with van der Waals surface area (Å²) in [7, 11) is 0. The van der Waals surface area contributed by atoms with E-state index < -0.39 is 0 Å². The van der Waals surface area contributed by atoms with Gasteiger partial charge in [-0.15, -0.1) is 11.3 Å². The molecular weight excluding hydrogens is 406 g/mol. The van der Waals surface area contributed by atoms with Crippen molar-refractivity contribution in [1.29, 1.82) is 0 Å². The Labute approximate surface area is 178 Å². The lowest BCUT2D eigenvalue weighted by Crippen LogP contribution is -2.14. The van der Waals surface area contributed by atoms with Gasteiger partial charge in [-0.2, -0.15) is 0 Å². The summed E-state index contributed by atoms with van der Waals surface area (Å²) < 4.78 is 4.91. The monoisotopic (exact) mass is 429 g/mol. The zero-order valence-electron chi connectivity index (χ0n) is 16.9. The molecule has 0 aliphatic carbocycles. The summed E-state index contributed by atoms with van der Waals surface area (Å²) in [6, 6.07) is 6.35. The molecule has 0 atom stereocenters. The predicted molar refractivity (Wildman–Crippen MR) is 118 cm³/mol. The van der Waals surface area contributed by atoms with Crippen molar-refractivity contribution in [3.63, 3.8) is 0 Å². The lowest BCUT2D eigenvalue weighted by Gasteiger charge is -2.09. The number of ether oxygens (including phenoxy) is 1. The average molecular weight is 430 g/mol. The van der Waals surface area contributed by atoms with E-state index in [1.165, 1.54) is 28.7 Å². The zero-order valence-corrected chi connectivity index (χ0v) is 18.5. The van der Waals surface area contributed by atoms with Crippen LogP contribution < -0.4 is 5.32 Å². The van der Waals surface area contributed by atoms with Crippen LogP contribution in [0, 0.1) is 20.8 Å². The van der Waals surface area contributed by atoms with E-state index in [1.807, 2.05) is 6.92 Å². The Balaban J connectivity index is 1.62. The average Bonchev–Trinajstić information content (AvgIpc) is 3.06. The van der Waals surface area contributed by atoms with Crippen molar-refractivity contribution in [1.82, 2.24) is 9.97 Å². The van der Waals surface area contributed by atoms with Gasteiger partial charge in [0.05, 0.1) is 30.0 Å². The van der Waals surface area contributed by atoms with Gasteiger partial charge in [0.15, 0.2) is 5.13 Å². The molecule has 0 aliphatic heterocycles. The van der Waals surface area contributed by atoms with Gasteiger partial charge in [0.25, 0.3) is 0 Å². The van der Waals surface area contributed by atoms with Crippen molar-refractivity contribution in [2.24, 2.45) is 0 Å². The predicted octanol–water partition coefficient (Wildman–Crippen LogP) is 4.45. The Morgan fingerprint density at radius 1 is 1.14 bits per heavy atom. The first-order valence-corrected chi connectivity index (χ1v) is 11.1. The first kappa shape index (κ1) is 21.3. The van der Waals surface area contributed by atoms with E-state index in [1.54, 1.807) is 12.3 Å². The molecule has 6 nitrogen and oxygen atoms in total. The van der Waals surface area contributed by atoms with Crippen molar-refractivity contribution in [3.8, 4) is 0 Å². The van der Waals surface area contributed by atoms with Crippen LogP contribution in [0.25, 0.3) is 10.9 Å². The van der Waals surface area contributed by atoms with Gasteiger partial charge in [-0.05, 0) is 51.0 Å². The number of esters is 1. The summed E-state index contributed by atoms with van der Waals surface area (Å²) >= 11 is 2.70. The van der Waals surface area contributed by atoms with E-state index in [4.69, 9.17) is 9.72 Å². The van der Waals surface area contributed by atoms with E-state index in [0.29, 0.717) is 17.4 Å². The van der Waals surface area contributed by atoms with Crippen LogP contribution in [0.2, 0.25) is 0 Å². The third kappa shape index (κ3) is 5.55. The highest BCUT2D eigenvalue weighted by Gasteiger charge is 2.13. The number of nitrogens with zero attached hydrogens (tertiary/aromatic N) is 2. The highest BCUT2D eigenvalue weighted by Crippen LogP contribution is 2.27. The van der Waals surface area contributed by atoms with Crippen LogP contribution in [0.1, 0.15) is 29.3 Å². The summed E-state index contributed by atoms with van der Waals surface area (Å²) in [6.07, 6.45) is 0.105. The normalized spacial score (nSPS) is 10.9. The van der Waals surface area contributed by atoms with Crippen molar-refractivity contribution in [2.45, 2.75) is 39.1 Å². The highest BCUT2D eigenvalue weighted by atomic mass is 32.2. The molecular formula is C21H23N3O3S2. The van der Waals surface area contributed by atoms with Crippen molar-refractivity contribution in [3.05, 3.63) is 46.0 Å². The number of thiazole rings is 1. The molecule has 1 aromatic carbocycles. The number of hydrogen-bond acceptors (Lipinski definition) is 7. The summed E-state index contributed by atoms with van der Waals surface area (Å²) in [5.74, 6) is -0.250. The first-order chi connectivity index (χ1) is 13.9. The fraction of sp³-hybridized carbons (Fsp3) is 0.333. The van der Waals surface area contributed by atoms with Crippen molar-refractivity contribution < 1.29 is 14.3 Å². The standard InChI is InChI=1S/C21H23N3O3S2/c1-5-27-18(26)9-16-10-29-21(22-16)23-17(25)11-28-20-14(4)8-15-7-12(2)6-13(3)19(15)24-20/h6-8,10H,5,9,11H2,1-4H3,(H,22,23,25). The number of aromatic nitrogens is 2. The molecule has 0 radical (unpaired) electrons. The Morgan fingerprint density at radius 3 is 2.69 bits per heavy atom. The number of carbonyl (C=O) groups is 2. The number of benzene rings is 1. The first-order valence-electron chi connectivity index (χ1n) is 9.27. The molecule has 0 bridgehead atoms. The summed E-state index contributed by atoms with van der Waals surface area (Å²) in [5, 5.41) is 6.97. The Bertz CT molecular complexity index is 1060. The van der Waals surface area contributed by atoms with Crippen LogP contribution in [0.3, 0.4) is 0 Å². The molecule has 1 N–H and O–H groups in total. The number of thioether (sulfide) groups is 1. The largest absolute Gasteiger partial charge is 0.466 e. The molecule has 8 heteroatoms. The van der Waals surface area contributed by atoms with Gasteiger partial charge in [0, 0.05) is 10.8 Å². The minimum atomic E-state index is -0.324. The number of amides is 1. The molecule has 152 valence electrons. The SMILES string of the molecule is CCOC(=O)Cc1csc(NC(=O)CSc2nc3c(C)cc(C)cc3cc2C)n1. The van der Waals surface area contributed by atoms with Crippen molar-refractivity contribution in [2.75, 3.05) is 17.7 Å². The van der Waals surface area contributed by atoms with Crippen LogP contribution in [0.5, 0.6) is 0 Å². The van der Waals surface area contributed by atoms with Crippen molar-refractivity contribution >= 4 is 51.0 Å². The molecule has 0 fully saturated rings. The maximum atomic E-state index is 12.3. The van der Waals surface area contributed by atoms with E-state index in [2.05, 4.69) is 42.3 Å². The van der Waals surface area contributed by atoms with Crippen LogP contribution in [-0.4, -0.2) is 34.2 Å². The Morgan fingerprint density at radius 2 is 1.93 bits per heavy atom. The number of aryl methyl sites for hydroxylation is 3. The number of fused-ring (bicyclic) bond motifs is 1. The van der Waals surface area contributed by atoms with E-state index in [-0.39, 0.29) is 24.1 Å². The maximum Gasteiger partial charge on any atom is 0.311 e. The molecule has 0 saturated carbocycles. The molecule has 2 aromatic heterocycles. The molecule has 3 rings (SSSR count). The third-order valence-corrected chi connectivity index (χ3v) is 6.07. The van der Waals surface area contributed by atoms with Crippen LogP contribution >= 0.6 is 23.1 Å². The van der Waals surface area contributed by atoms with E-state index in [0.717, 1.165) is 27.1 Å². The van der Waals surface area contributed by atoms with Gasteiger partial charge in [0.1, 0.15) is 5.03 Å². The van der Waals surface area contributed by atoms with E-state index >= 15 is 0 Å².